The molecular weight excluding hydrogens is 106 g/mol. The maximum atomic E-state index is 5.60. The lowest BCUT2D eigenvalue weighted by atomic mass is 9.67. The molecule has 0 N–H and O–H groups in total. The van der Waals surface area contributed by atoms with E-state index in [1.54, 1.807) is 0 Å². The van der Waals surface area contributed by atoms with Crippen molar-refractivity contribution < 1.29 is 0 Å². The van der Waals surface area contributed by atoms with E-state index in [2.05, 4.69) is 0 Å². The highest BCUT2D eigenvalue weighted by molar-refractivity contribution is 6.59. The van der Waals surface area contributed by atoms with Crippen molar-refractivity contribution in [2.24, 2.45) is 0 Å². The van der Waals surface area contributed by atoms with Gasteiger partial charge < -0.3 is 0 Å². The predicted molar refractivity (Wildman–Crippen MR) is 43.1 cm³/mol. The van der Waals surface area contributed by atoms with Crippen LogP contribution in [0.1, 0.15) is 0 Å². The van der Waals surface area contributed by atoms with Crippen LogP contribution < -0.4 is 10.9 Å². The summed E-state index contributed by atoms with van der Waals surface area (Å²) in [5.74, 6) is 0. The minimum atomic E-state index is 0.847. The second-order valence-corrected chi connectivity index (χ2v) is 1.92. The summed E-state index contributed by atoms with van der Waals surface area (Å²) in [6.45, 7) is 1.98. The highest BCUT2D eigenvalue weighted by Gasteiger charge is 1.90. The van der Waals surface area contributed by atoms with Crippen LogP contribution in [0.3, 0.4) is 0 Å². The molecule has 0 aliphatic heterocycles. The van der Waals surface area contributed by atoms with Crippen molar-refractivity contribution in [2.45, 2.75) is 6.82 Å². The zero-order valence-electron chi connectivity index (χ0n) is 5.46. The van der Waals surface area contributed by atoms with Gasteiger partial charge in [0, 0.05) is 0 Å². The maximum absolute atomic E-state index is 5.60. The molecule has 0 fully saturated rings. The Hall–Kier alpha value is -0.650. The summed E-state index contributed by atoms with van der Waals surface area (Å²) >= 11 is 0. The molecule has 0 bridgehead atoms. The summed E-state index contributed by atoms with van der Waals surface area (Å²) in [6, 6.07) is 7.80. The molecule has 0 amide bonds. The first-order valence-electron chi connectivity index (χ1n) is 2.98. The molecule has 0 saturated heterocycles. The molecule has 2 heteroatoms. The molecule has 0 aliphatic rings. The van der Waals surface area contributed by atoms with E-state index >= 15 is 0 Å². The van der Waals surface area contributed by atoms with E-state index in [1.807, 2.05) is 38.4 Å². The first kappa shape index (κ1) is 6.47. The van der Waals surface area contributed by atoms with Crippen LogP contribution in [0.15, 0.2) is 24.3 Å². The van der Waals surface area contributed by atoms with Crippen molar-refractivity contribution in [1.82, 2.24) is 0 Å². The van der Waals surface area contributed by atoms with Crippen LogP contribution in [0.2, 0.25) is 6.82 Å². The Bertz CT molecular complexity index is 196. The summed E-state index contributed by atoms with van der Waals surface area (Å²) < 4.78 is 0. The van der Waals surface area contributed by atoms with Crippen LogP contribution in [-0.2, 0) is 0 Å². The number of rotatable bonds is 1. The largest absolute Gasteiger partial charge is 0.147 e. The molecule has 0 aliphatic carbocycles. The van der Waals surface area contributed by atoms with Gasteiger partial charge in [-0.05, 0) is 0 Å². The quantitative estimate of drug-likeness (QED) is 0.444. The van der Waals surface area contributed by atoms with Crippen LogP contribution >= 0.6 is 0 Å². The van der Waals surface area contributed by atoms with E-state index in [4.69, 9.17) is 7.85 Å². The molecule has 9 heavy (non-hydrogen) atoms. The second-order valence-electron chi connectivity index (χ2n) is 1.92. The monoisotopic (exact) mass is 113 g/mol. The molecule has 0 atom stereocenters. The van der Waals surface area contributed by atoms with Gasteiger partial charge in [-0.15, -0.1) is 5.46 Å². The van der Waals surface area contributed by atoms with Gasteiger partial charge in [0.15, 0.2) is 0 Å². The smallest absolute Gasteiger partial charge is 0.103 e. The molecular formula is C7H7B2. The van der Waals surface area contributed by atoms with Crippen molar-refractivity contribution in [3.8, 4) is 0 Å². The lowest BCUT2D eigenvalue weighted by Crippen LogP contribution is -2.28. The Balaban J connectivity index is 3.01. The molecule has 0 aromatic heterocycles. The van der Waals surface area contributed by atoms with Gasteiger partial charge in [-0.2, -0.15) is 0 Å². The van der Waals surface area contributed by atoms with Crippen molar-refractivity contribution in [3.05, 3.63) is 24.3 Å². The van der Waals surface area contributed by atoms with Gasteiger partial charge >= 0.3 is 0 Å². The van der Waals surface area contributed by atoms with Crippen molar-refractivity contribution in [1.29, 1.82) is 0 Å². The van der Waals surface area contributed by atoms with Gasteiger partial charge in [-0.1, -0.05) is 36.6 Å². The van der Waals surface area contributed by atoms with Crippen LogP contribution in [0, 0.1) is 0 Å². The third kappa shape index (κ3) is 1.38. The zero-order valence-corrected chi connectivity index (χ0v) is 5.46. The summed E-state index contributed by atoms with van der Waals surface area (Å²) in [5.41, 5.74) is 1.96. The fourth-order valence-electron chi connectivity index (χ4n) is 0.774. The molecule has 0 unspecified atom stereocenters. The van der Waals surface area contributed by atoms with E-state index in [9.17, 15) is 0 Å². The normalized spacial score (nSPS) is 9.00. The summed E-state index contributed by atoms with van der Waals surface area (Å²) in [7, 11) is 7.60. The maximum Gasteiger partial charge on any atom is 0.147 e. The predicted octanol–water partition coefficient (Wildman–Crippen LogP) is -0.142. The minimum absolute atomic E-state index is 0.847. The van der Waals surface area contributed by atoms with Gasteiger partial charge in [0.25, 0.3) is 0 Å². The Morgan fingerprint density at radius 3 is 2.44 bits per heavy atom. The Morgan fingerprint density at radius 1 is 1.33 bits per heavy atom. The van der Waals surface area contributed by atoms with E-state index in [0.29, 0.717) is 0 Å². The average molecular weight is 113 g/mol. The molecule has 41 valence electrons. The van der Waals surface area contributed by atoms with Crippen molar-refractivity contribution in [2.75, 3.05) is 0 Å². The molecule has 1 rings (SSSR count). The summed E-state index contributed by atoms with van der Waals surface area (Å²) in [5, 5.41) is 0. The zero-order chi connectivity index (χ0) is 6.69. The third-order valence-electron chi connectivity index (χ3n) is 1.31. The fraction of sp³-hybridized carbons (Fsp3) is 0.143. The highest BCUT2D eigenvalue weighted by Crippen LogP contribution is 1.76. The van der Waals surface area contributed by atoms with Crippen LogP contribution in [0.5, 0.6) is 0 Å². The first-order valence-corrected chi connectivity index (χ1v) is 2.98. The Morgan fingerprint density at radius 2 is 2.00 bits per heavy atom. The SMILES string of the molecule is [B]c1ccccc1[B]C. The summed E-state index contributed by atoms with van der Waals surface area (Å²) in [4.78, 5) is 0. The summed E-state index contributed by atoms with van der Waals surface area (Å²) in [6.07, 6.45) is 0. The van der Waals surface area contributed by atoms with Gasteiger partial charge in [-0.3, -0.25) is 0 Å². The Labute approximate surface area is 57.9 Å². The molecule has 0 spiro atoms. The first-order chi connectivity index (χ1) is 4.34. The fourth-order valence-corrected chi connectivity index (χ4v) is 0.774. The van der Waals surface area contributed by atoms with Crippen LogP contribution in [-0.4, -0.2) is 15.1 Å². The molecule has 0 saturated carbocycles. The van der Waals surface area contributed by atoms with Gasteiger partial charge in [-0.25, -0.2) is 0 Å². The van der Waals surface area contributed by atoms with E-state index in [0.717, 1.165) is 10.9 Å². The average Bonchev–Trinajstić information content (AvgIpc) is 1.89. The molecule has 1 aromatic rings. The van der Waals surface area contributed by atoms with Gasteiger partial charge in [0.05, 0.1) is 0 Å². The van der Waals surface area contributed by atoms with Gasteiger partial charge in [0.2, 0.25) is 0 Å². The topological polar surface area (TPSA) is 0 Å². The van der Waals surface area contributed by atoms with Crippen molar-refractivity contribution >= 4 is 26.1 Å². The third-order valence-corrected chi connectivity index (χ3v) is 1.31. The highest BCUT2D eigenvalue weighted by atomic mass is 13.8. The lowest BCUT2D eigenvalue weighted by Gasteiger charge is -1.98. The van der Waals surface area contributed by atoms with Crippen molar-refractivity contribution in [3.63, 3.8) is 0 Å². The Kier molecular flexibility index (Phi) is 1.99. The van der Waals surface area contributed by atoms with Crippen LogP contribution in [0.25, 0.3) is 0 Å². The van der Waals surface area contributed by atoms with E-state index in [-0.39, 0.29) is 0 Å². The minimum Gasteiger partial charge on any atom is -0.103 e. The van der Waals surface area contributed by atoms with E-state index in [1.165, 1.54) is 0 Å². The lowest BCUT2D eigenvalue weighted by molar-refractivity contribution is 1.82. The molecule has 1 aromatic carbocycles. The molecule has 3 radical (unpaired) electrons. The number of hydrogen-bond donors (Lipinski definition) is 0. The van der Waals surface area contributed by atoms with Crippen LogP contribution in [0.4, 0.5) is 0 Å². The number of hydrogen-bond acceptors (Lipinski definition) is 0. The standard InChI is InChI=1S/C7H7B2/c1-9-7-5-3-2-4-6(7)8/h2-5H,1H3. The van der Waals surface area contributed by atoms with Gasteiger partial charge in [0.1, 0.15) is 15.1 Å². The second kappa shape index (κ2) is 2.77. The molecule has 0 nitrogen and oxygen atoms in total. The number of benzene rings is 1. The molecule has 0 heterocycles. The van der Waals surface area contributed by atoms with E-state index < -0.39 is 0 Å².